The van der Waals surface area contributed by atoms with Gasteiger partial charge < -0.3 is 0 Å². The van der Waals surface area contributed by atoms with Crippen molar-refractivity contribution in [2.24, 2.45) is 0 Å². The molecule has 4 aromatic rings. The number of anilines is 2. The Kier molecular flexibility index (Phi) is 14.5. The zero-order chi connectivity index (χ0) is 42.1. The predicted octanol–water partition coefficient (Wildman–Crippen LogP) is 15.8. The summed E-state index contributed by atoms with van der Waals surface area (Å²) >= 11 is 16.7. The average molecular weight is 947 g/mol. The molecule has 1 unspecified atom stereocenters. The number of hydrogen-bond donors (Lipinski definition) is 0. The van der Waals surface area contributed by atoms with E-state index in [2.05, 4.69) is 130 Å². The van der Waals surface area contributed by atoms with E-state index < -0.39 is 0 Å². The van der Waals surface area contributed by atoms with Crippen LogP contribution in [0.1, 0.15) is 152 Å². The first kappa shape index (κ1) is 44.3. The second-order valence-electron chi connectivity index (χ2n) is 18.8. The Labute approximate surface area is 383 Å². The fourth-order valence-electron chi connectivity index (χ4n) is 12.2. The maximum absolute atomic E-state index is 7.06. The molecule has 1 saturated heterocycles. The van der Waals surface area contributed by atoms with E-state index in [0.717, 1.165) is 24.2 Å². The van der Waals surface area contributed by atoms with Gasteiger partial charge in [0.05, 0.1) is 0 Å². The molecule has 0 amide bonds. The molecule has 5 aliphatic rings. The summed E-state index contributed by atoms with van der Waals surface area (Å²) in [5.74, 6) is 1.17. The normalized spacial score (nSPS) is 20.6. The third-order valence-electron chi connectivity index (χ3n) is 14.4. The quantitative estimate of drug-likeness (QED) is 0.140. The number of nitrogens with zero attached hydrogens (tertiary/aromatic N) is 2. The van der Waals surface area contributed by atoms with Gasteiger partial charge in [-0.2, -0.15) is 0 Å². The molecular formula is C54H67Cl2N2PRu. The number of benzene rings is 4. The van der Waals surface area contributed by atoms with Gasteiger partial charge in [-0.15, -0.1) is 0 Å². The van der Waals surface area contributed by atoms with Gasteiger partial charge in [0.1, 0.15) is 0 Å². The van der Waals surface area contributed by atoms with Crippen molar-refractivity contribution in [3.05, 3.63) is 138 Å². The first-order valence-corrected chi connectivity index (χ1v) is 26.5. The fourth-order valence-corrected chi connectivity index (χ4v) is 18.1. The summed E-state index contributed by atoms with van der Waals surface area (Å²) in [6.45, 7) is 15.1. The van der Waals surface area contributed by atoms with Crippen LogP contribution in [-0.2, 0) is 17.9 Å². The van der Waals surface area contributed by atoms with Crippen molar-refractivity contribution in [2.45, 2.75) is 161 Å². The van der Waals surface area contributed by atoms with Gasteiger partial charge in [0.25, 0.3) is 0 Å². The summed E-state index contributed by atoms with van der Waals surface area (Å²) in [4.78, 5) is 5.11. The first-order valence-electron chi connectivity index (χ1n) is 23.3. The van der Waals surface area contributed by atoms with Crippen LogP contribution in [0.15, 0.2) is 78.1 Å². The molecule has 3 saturated carbocycles. The summed E-state index contributed by atoms with van der Waals surface area (Å²) in [7, 11) is 0.385. The van der Waals surface area contributed by atoms with Gasteiger partial charge in [-0.25, -0.2) is 0 Å². The summed E-state index contributed by atoms with van der Waals surface area (Å²) < 4.78 is 1.18. The standard InChI is InChI=1S/C36H34Cl2N2.C18H33P.Ru/c1-21-16-23(3)34(24(4)17-21)39-14-15-40(35-25(5)18-22(2)19-26(35)6)36(39)29-20-28-12-13-30(37)33(38)32(28)31(29)27-10-8-7-9-11-27;1-4-10-16(11-5-1)19(17-12-6-2-7-13-17)18-14-8-3-9-15-18;/h7-13,16-19,31H,14-15H2,1-6H3;16-18H,1-15H2;. The summed E-state index contributed by atoms with van der Waals surface area (Å²) in [6.07, 6.45) is 23.6. The van der Waals surface area contributed by atoms with E-state index in [4.69, 9.17) is 23.2 Å². The van der Waals surface area contributed by atoms with Crippen molar-refractivity contribution in [2.75, 3.05) is 22.9 Å². The Morgan fingerprint density at radius 1 is 0.550 bits per heavy atom. The third kappa shape index (κ3) is 9.06. The number of allylic oxidation sites excluding steroid dienone is 1. The zero-order valence-corrected chi connectivity index (χ0v) is 41.3. The van der Waals surface area contributed by atoms with Crippen molar-refractivity contribution < 1.29 is 17.9 Å². The molecule has 2 nitrogen and oxygen atoms in total. The minimum absolute atomic E-state index is 0.0521. The molecule has 1 atom stereocenters. The van der Waals surface area contributed by atoms with Crippen molar-refractivity contribution in [1.82, 2.24) is 0 Å². The summed E-state index contributed by atoms with van der Waals surface area (Å²) in [5.41, 5.74) is 18.6. The Hall–Kier alpha value is -2.28. The van der Waals surface area contributed by atoms with Gasteiger partial charge in [0.15, 0.2) is 0 Å². The fraction of sp³-hybridized carbons (Fsp3) is 0.500. The molecule has 4 fully saturated rings. The molecule has 0 N–H and O–H groups in total. The Morgan fingerprint density at radius 2 is 0.967 bits per heavy atom. The second-order valence-corrected chi connectivity index (χ2v) is 23.6. The van der Waals surface area contributed by atoms with Gasteiger partial charge >= 0.3 is 265 Å². The molecule has 0 spiro atoms. The number of halogens is 2. The van der Waals surface area contributed by atoms with E-state index in [1.54, 1.807) is 77.0 Å². The Balaban J connectivity index is 0.000000218. The molecule has 9 rings (SSSR count). The van der Waals surface area contributed by atoms with E-state index in [9.17, 15) is 0 Å². The van der Waals surface area contributed by atoms with Gasteiger partial charge in [-0.05, 0) is 55.5 Å². The molecule has 4 aliphatic carbocycles. The average Bonchev–Trinajstić information content (AvgIpc) is 3.78. The Morgan fingerprint density at radius 3 is 1.38 bits per heavy atom. The van der Waals surface area contributed by atoms with E-state index in [-0.39, 0.29) is 5.92 Å². The molecule has 0 aromatic heterocycles. The number of hydrogen-bond acceptors (Lipinski definition) is 2. The molecule has 6 heteroatoms. The van der Waals surface area contributed by atoms with Crippen LogP contribution in [0, 0.1) is 41.5 Å². The second kappa shape index (κ2) is 19.6. The van der Waals surface area contributed by atoms with Gasteiger partial charge in [0.2, 0.25) is 0 Å². The topological polar surface area (TPSA) is 6.48 Å². The SMILES string of the molecule is C1CCC(P(C2CCCCC2)C2CCCCC2)CC1.Cc1cc(C)c(N2CCN(c3c(C)cc(C)cc3C)C2=C2[C](=[Ru])c3ccc(Cl)c(Cl)c3C2c2ccccc2)c(C)c1. The van der Waals surface area contributed by atoms with E-state index >= 15 is 0 Å². The summed E-state index contributed by atoms with van der Waals surface area (Å²) in [6, 6.07) is 24.0. The van der Waals surface area contributed by atoms with E-state index in [1.165, 1.54) is 102 Å². The molecule has 320 valence electrons. The van der Waals surface area contributed by atoms with Gasteiger partial charge in [0, 0.05) is 0 Å². The predicted molar refractivity (Wildman–Crippen MR) is 259 cm³/mol. The molecule has 0 bridgehead atoms. The van der Waals surface area contributed by atoms with Crippen molar-refractivity contribution >= 4 is 46.6 Å². The van der Waals surface area contributed by atoms with Crippen LogP contribution in [0.3, 0.4) is 0 Å². The van der Waals surface area contributed by atoms with E-state index in [0.29, 0.717) is 18.0 Å². The summed E-state index contributed by atoms with van der Waals surface area (Å²) in [5, 5.41) is 1.23. The third-order valence-corrected chi connectivity index (χ3v) is 20.2. The van der Waals surface area contributed by atoms with Crippen LogP contribution in [0.25, 0.3) is 0 Å². The van der Waals surface area contributed by atoms with Crippen LogP contribution >= 0.6 is 31.1 Å². The first-order chi connectivity index (χ1) is 29.0. The molecule has 1 aliphatic heterocycles. The number of aryl methyl sites for hydroxylation is 6. The van der Waals surface area contributed by atoms with E-state index in [1.807, 2.05) is 6.07 Å². The van der Waals surface area contributed by atoms with Crippen molar-refractivity contribution in [3.63, 3.8) is 0 Å². The minimum atomic E-state index is -0.0521. The molecule has 1 heterocycles. The van der Waals surface area contributed by atoms with Crippen LogP contribution in [0.5, 0.6) is 0 Å². The maximum atomic E-state index is 7.06. The molecule has 0 radical (unpaired) electrons. The molecule has 60 heavy (non-hydrogen) atoms. The number of fused-ring (bicyclic) bond motifs is 1. The van der Waals surface area contributed by atoms with Crippen LogP contribution < -0.4 is 9.80 Å². The monoisotopic (exact) mass is 946 g/mol. The van der Waals surface area contributed by atoms with Crippen LogP contribution in [-0.4, -0.2) is 34.2 Å². The molecule has 4 aromatic carbocycles. The van der Waals surface area contributed by atoms with Gasteiger partial charge in [-0.1, -0.05) is 65.7 Å². The number of rotatable bonds is 6. The zero-order valence-electron chi connectivity index (χ0n) is 37.1. The van der Waals surface area contributed by atoms with Crippen molar-refractivity contribution in [1.29, 1.82) is 0 Å². The van der Waals surface area contributed by atoms with Crippen LogP contribution in [0.4, 0.5) is 11.4 Å². The van der Waals surface area contributed by atoms with Crippen LogP contribution in [0.2, 0.25) is 10.0 Å². The van der Waals surface area contributed by atoms with Crippen molar-refractivity contribution in [3.8, 4) is 0 Å². The Bertz CT molecular complexity index is 2060. The van der Waals surface area contributed by atoms with Gasteiger partial charge in [-0.3, -0.25) is 0 Å². The molecular weight excluding hydrogens is 880 g/mol.